The van der Waals surface area contributed by atoms with E-state index in [1.165, 1.54) is 11.9 Å². The Morgan fingerprint density at radius 3 is 2.83 bits per heavy atom. The number of hydrogen-bond donors (Lipinski definition) is 2. The molecule has 0 atom stereocenters. The molecule has 4 heteroatoms. The van der Waals surface area contributed by atoms with Gasteiger partial charge in [-0.2, -0.15) is 0 Å². The molecule has 0 bridgehead atoms. The van der Waals surface area contributed by atoms with Gasteiger partial charge in [-0.3, -0.25) is 10.4 Å². The van der Waals surface area contributed by atoms with E-state index >= 15 is 0 Å². The first-order chi connectivity index (χ1) is 8.86. The second-order valence-corrected chi connectivity index (χ2v) is 3.65. The van der Waals surface area contributed by atoms with E-state index < -0.39 is 0 Å². The molecule has 4 nitrogen and oxygen atoms in total. The minimum Gasteiger partial charge on any atom is -0.363 e. The van der Waals surface area contributed by atoms with Crippen molar-refractivity contribution in [2.24, 2.45) is 0 Å². The molecule has 0 radical (unpaired) electrons. The quantitative estimate of drug-likeness (QED) is 0.425. The molecule has 0 aromatic carbocycles. The van der Waals surface area contributed by atoms with E-state index in [-0.39, 0.29) is 1.43 Å². The second kappa shape index (κ2) is 12.0. The Hall–Kier alpha value is -1.42. The van der Waals surface area contributed by atoms with Crippen molar-refractivity contribution in [3.8, 4) is 0 Å². The van der Waals surface area contributed by atoms with Crippen molar-refractivity contribution in [2.45, 2.75) is 33.7 Å². The third-order valence-electron chi connectivity index (χ3n) is 2.44. The highest BCUT2D eigenvalue weighted by molar-refractivity contribution is 5.50. The summed E-state index contributed by atoms with van der Waals surface area (Å²) in [6, 6.07) is 4.01. The third-order valence-corrected chi connectivity index (χ3v) is 2.44. The Balaban J connectivity index is 0. The van der Waals surface area contributed by atoms with Crippen LogP contribution in [0, 0.1) is 5.41 Å². The van der Waals surface area contributed by atoms with E-state index in [0.29, 0.717) is 0 Å². The van der Waals surface area contributed by atoms with Gasteiger partial charge in [0.05, 0.1) is 6.34 Å². The van der Waals surface area contributed by atoms with Crippen LogP contribution in [0.2, 0.25) is 0 Å². The summed E-state index contributed by atoms with van der Waals surface area (Å²) in [5.41, 5.74) is 1.21. The maximum absolute atomic E-state index is 7.15. The maximum Gasteiger partial charge on any atom is 0.0817 e. The zero-order chi connectivity index (χ0) is 13.6. The smallest absolute Gasteiger partial charge is 0.0817 e. The molecule has 1 heterocycles. The molecule has 104 valence electrons. The summed E-state index contributed by atoms with van der Waals surface area (Å²) in [6.07, 6.45) is 6.13. The van der Waals surface area contributed by atoms with Crippen LogP contribution in [0.4, 0.5) is 0 Å². The van der Waals surface area contributed by atoms with Gasteiger partial charge in [-0.25, -0.2) is 0 Å². The Morgan fingerprint density at radius 2 is 2.28 bits per heavy atom. The van der Waals surface area contributed by atoms with Crippen molar-refractivity contribution in [3.63, 3.8) is 0 Å². The standard InChI is InChI=1S/C12H20N4.C2H6.H2/c1-2-16(11-13)8-4-7-15-10-12-5-3-6-14-9-12;1-2;/h3,5-6,9,11,13,15H,2,4,7-8,10H2,1H3;1-2H3;1H. The van der Waals surface area contributed by atoms with Gasteiger partial charge in [0, 0.05) is 33.5 Å². The number of aromatic nitrogens is 1. The normalized spacial score (nSPS) is 9.28. The fourth-order valence-electron chi connectivity index (χ4n) is 1.46. The van der Waals surface area contributed by atoms with Gasteiger partial charge in [0.15, 0.2) is 0 Å². The molecule has 1 aromatic rings. The van der Waals surface area contributed by atoms with Crippen molar-refractivity contribution in [1.82, 2.24) is 15.2 Å². The molecule has 1 rings (SSSR count). The van der Waals surface area contributed by atoms with Gasteiger partial charge in [-0.1, -0.05) is 19.9 Å². The van der Waals surface area contributed by atoms with Gasteiger partial charge in [-0.15, -0.1) is 0 Å². The van der Waals surface area contributed by atoms with Crippen LogP contribution in [0.3, 0.4) is 0 Å². The van der Waals surface area contributed by atoms with Crippen LogP contribution in [0.25, 0.3) is 0 Å². The molecule has 0 aliphatic carbocycles. The summed E-state index contributed by atoms with van der Waals surface area (Å²) in [6.45, 7) is 9.75. The predicted octanol–water partition coefficient (Wildman–Crippen LogP) is 2.76. The molecular weight excluding hydrogens is 224 g/mol. The highest BCUT2D eigenvalue weighted by Crippen LogP contribution is 1.94. The summed E-state index contributed by atoms with van der Waals surface area (Å²) in [5.74, 6) is 0. The van der Waals surface area contributed by atoms with Crippen LogP contribution in [-0.4, -0.2) is 35.9 Å². The Morgan fingerprint density at radius 1 is 1.50 bits per heavy atom. The van der Waals surface area contributed by atoms with E-state index in [4.69, 9.17) is 5.41 Å². The highest BCUT2D eigenvalue weighted by Gasteiger charge is 1.95. The molecule has 0 saturated heterocycles. The second-order valence-electron chi connectivity index (χ2n) is 3.65. The van der Waals surface area contributed by atoms with E-state index in [1.54, 1.807) is 6.20 Å². The van der Waals surface area contributed by atoms with Gasteiger partial charge in [0.25, 0.3) is 0 Å². The average Bonchev–Trinajstić information content (AvgIpc) is 2.46. The number of nitrogens with zero attached hydrogens (tertiary/aromatic N) is 2. The van der Waals surface area contributed by atoms with Crippen LogP contribution >= 0.6 is 0 Å². The van der Waals surface area contributed by atoms with Gasteiger partial charge in [0.2, 0.25) is 0 Å². The lowest BCUT2D eigenvalue weighted by molar-refractivity contribution is 0.432. The predicted molar refractivity (Wildman–Crippen MR) is 80.1 cm³/mol. The van der Waals surface area contributed by atoms with E-state index in [9.17, 15) is 0 Å². The monoisotopic (exact) mass is 252 g/mol. The molecule has 2 N–H and O–H groups in total. The minimum atomic E-state index is 0. The Kier molecular flexibility index (Phi) is 11.1. The molecule has 0 spiro atoms. The Bertz CT molecular complexity index is 293. The molecule has 0 unspecified atom stereocenters. The highest BCUT2D eigenvalue weighted by atomic mass is 15.1. The van der Waals surface area contributed by atoms with E-state index in [1.807, 2.05) is 31.0 Å². The van der Waals surface area contributed by atoms with Crippen molar-refractivity contribution in [1.29, 1.82) is 5.41 Å². The zero-order valence-corrected chi connectivity index (χ0v) is 11.8. The van der Waals surface area contributed by atoms with Crippen LogP contribution in [0.1, 0.15) is 34.2 Å². The lowest BCUT2D eigenvalue weighted by Crippen LogP contribution is -2.25. The molecule has 0 aliphatic rings. The molecule has 18 heavy (non-hydrogen) atoms. The summed E-state index contributed by atoms with van der Waals surface area (Å²) in [7, 11) is 0. The summed E-state index contributed by atoms with van der Waals surface area (Å²) >= 11 is 0. The molecule has 0 fully saturated rings. The Labute approximate surface area is 112 Å². The number of hydrogen-bond acceptors (Lipinski definition) is 3. The largest absolute Gasteiger partial charge is 0.363 e. The topological polar surface area (TPSA) is 52.0 Å². The zero-order valence-electron chi connectivity index (χ0n) is 11.8. The summed E-state index contributed by atoms with van der Waals surface area (Å²) < 4.78 is 0. The van der Waals surface area contributed by atoms with Crippen molar-refractivity contribution in [2.75, 3.05) is 19.6 Å². The number of rotatable bonds is 8. The van der Waals surface area contributed by atoms with Gasteiger partial charge < -0.3 is 10.2 Å². The van der Waals surface area contributed by atoms with Crippen LogP contribution in [0.15, 0.2) is 24.5 Å². The van der Waals surface area contributed by atoms with Crippen LogP contribution in [0.5, 0.6) is 0 Å². The summed E-state index contributed by atoms with van der Waals surface area (Å²) in [5, 5.41) is 10.5. The lowest BCUT2D eigenvalue weighted by atomic mass is 10.3. The average molecular weight is 252 g/mol. The molecular formula is C14H28N4. The first kappa shape index (κ1) is 16.6. The fraction of sp³-hybridized carbons (Fsp3) is 0.571. The van der Waals surface area contributed by atoms with Crippen LogP contribution in [-0.2, 0) is 6.54 Å². The number of nitrogens with one attached hydrogen (secondary N) is 2. The summed E-state index contributed by atoms with van der Waals surface area (Å²) in [4.78, 5) is 6.05. The van der Waals surface area contributed by atoms with Gasteiger partial charge >= 0.3 is 0 Å². The van der Waals surface area contributed by atoms with Crippen molar-refractivity contribution >= 4 is 6.34 Å². The van der Waals surface area contributed by atoms with Crippen molar-refractivity contribution < 1.29 is 1.43 Å². The third kappa shape index (κ3) is 7.79. The SMILES string of the molecule is CC.CCN(C=N)CCCNCc1cccnc1.[HH]. The van der Waals surface area contributed by atoms with E-state index in [2.05, 4.69) is 23.3 Å². The minimum absolute atomic E-state index is 0. The first-order valence-electron chi connectivity index (χ1n) is 6.71. The molecule has 0 saturated carbocycles. The molecule has 0 aliphatic heterocycles. The fourth-order valence-corrected chi connectivity index (χ4v) is 1.46. The number of pyridine rings is 1. The first-order valence-corrected chi connectivity index (χ1v) is 6.71. The van der Waals surface area contributed by atoms with E-state index in [0.717, 1.165) is 32.6 Å². The van der Waals surface area contributed by atoms with Gasteiger partial charge in [0.1, 0.15) is 0 Å². The van der Waals surface area contributed by atoms with Gasteiger partial charge in [-0.05, 0) is 31.5 Å². The van der Waals surface area contributed by atoms with Crippen LogP contribution < -0.4 is 5.32 Å². The molecule has 0 amide bonds. The maximum atomic E-state index is 7.15. The molecule has 1 aromatic heterocycles. The lowest BCUT2D eigenvalue weighted by Gasteiger charge is -2.16. The van der Waals surface area contributed by atoms with Crippen molar-refractivity contribution in [3.05, 3.63) is 30.1 Å².